The minimum Gasteiger partial charge on any atom is -0.493 e. The summed E-state index contributed by atoms with van der Waals surface area (Å²) >= 11 is 0. The molecule has 0 spiro atoms. The van der Waals surface area contributed by atoms with Crippen LogP contribution < -0.4 is 20.5 Å². The number of methoxy groups -OCH3 is 2. The van der Waals surface area contributed by atoms with Crippen LogP contribution in [0.4, 0.5) is 11.4 Å². The molecule has 0 fully saturated rings. The molecule has 3 rings (SSSR count). The van der Waals surface area contributed by atoms with Crippen molar-refractivity contribution < 1.29 is 19.2 Å². The second-order valence-electron chi connectivity index (χ2n) is 6.36. The number of nitrogen functional groups attached to an aromatic ring is 1. The Bertz CT molecular complexity index is 903. The molecule has 0 heterocycles. The number of fused-ring (bicyclic) bond motifs is 1. The second-order valence-corrected chi connectivity index (χ2v) is 6.36. The van der Waals surface area contributed by atoms with Crippen LogP contribution >= 0.6 is 12.4 Å². The number of nitrogens with one attached hydrogen (secondary N) is 1. The molecule has 1 aliphatic rings. The van der Waals surface area contributed by atoms with Crippen molar-refractivity contribution in [3.63, 3.8) is 0 Å². The molecule has 1 amide bonds. The lowest BCUT2D eigenvalue weighted by molar-refractivity contribution is -0.385. The Labute approximate surface area is 168 Å². The highest BCUT2D eigenvalue weighted by Gasteiger charge is 2.28. The van der Waals surface area contributed by atoms with Crippen molar-refractivity contribution in [1.82, 2.24) is 5.32 Å². The van der Waals surface area contributed by atoms with Crippen LogP contribution in [-0.4, -0.2) is 25.1 Å². The van der Waals surface area contributed by atoms with E-state index in [-0.39, 0.29) is 41.2 Å². The van der Waals surface area contributed by atoms with Gasteiger partial charge in [0.15, 0.2) is 11.5 Å². The van der Waals surface area contributed by atoms with E-state index < -0.39 is 10.8 Å². The van der Waals surface area contributed by atoms with Crippen molar-refractivity contribution >= 4 is 29.7 Å². The minimum absolute atomic E-state index is 0. The fraction of sp³-hybridized carbons (Fsp3) is 0.316. The Morgan fingerprint density at radius 2 is 1.89 bits per heavy atom. The number of ether oxygens (including phenoxy) is 2. The van der Waals surface area contributed by atoms with E-state index in [9.17, 15) is 14.9 Å². The van der Waals surface area contributed by atoms with Gasteiger partial charge in [-0.2, -0.15) is 0 Å². The molecular weight excluding hydrogens is 386 g/mol. The van der Waals surface area contributed by atoms with Gasteiger partial charge in [0.05, 0.1) is 31.3 Å². The van der Waals surface area contributed by atoms with E-state index in [0.29, 0.717) is 5.69 Å². The smallest absolute Gasteiger partial charge is 0.286 e. The largest absolute Gasteiger partial charge is 0.493 e. The summed E-state index contributed by atoms with van der Waals surface area (Å²) in [6.07, 6.45) is 2.54. The summed E-state index contributed by atoms with van der Waals surface area (Å²) in [5.74, 6) is -0.0818. The van der Waals surface area contributed by atoms with Crippen LogP contribution in [-0.2, 0) is 6.42 Å². The number of halogens is 1. The number of nitro groups is 1. The first-order valence-corrected chi connectivity index (χ1v) is 8.54. The molecular formula is C19H22ClN3O5. The molecule has 0 radical (unpaired) electrons. The molecule has 0 saturated carbocycles. The normalized spacial score (nSPS) is 15.0. The molecule has 8 nitrogen and oxygen atoms in total. The number of carbonyl (C=O) groups excluding carboxylic acids is 1. The van der Waals surface area contributed by atoms with E-state index in [1.165, 1.54) is 26.4 Å². The van der Waals surface area contributed by atoms with E-state index in [1.54, 1.807) is 6.07 Å². The van der Waals surface area contributed by atoms with Crippen LogP contribution in [0.2, 0.25) is 0 Å². The average Bonchev–Trinajstić information content (AvgIpc) is 2.66. The number of benzene rings is 2. The Balaban J connectivity index is 0.00000280. The minimum atomic E-state index is -0.605. The highest BCUT2D eigenvalue weighted by molar-refractivity contribution is 5.99. The fourth-order valence-corrected chi connectivity index (χ4v) is 3.42. The van der Waals surface area contributed by atoms with Crippen molar-refractivity contribution in [3.05, 3.63) is 57.1 Å². The molecule has 9 heteroatoms. The molecule has 0 saturated heterocycles. The van der Waals surface area contributed by atoms with Gasteiger partial charge in [0.1, 0.15) is 5.56 Å². The zero-order chi connectivity index (χ0) is 19.6. The highest BCUT2D eigenvalue weighted by Crippen LogP contribution is 2.36. The molecule has 1 unspecified atom stereocenters. The number of aryl methyl sites for hydroxylation is 1. The van der Waals surface area contributed by atoms with Crippen molar-refractivity contribution in [1.29, 1.82) is 0 Å². The molecule has 2 aromatic carbocycles. The van der Waals surface area contributed by atoms with E-state index in [2.05, 4.69) is 5.32 Å². The molecule has 0 bridgehead atoms. The van der Waals surface area contributed by atoms with E-state index in [1.807, 2.05) is 12.1 Å². The van der Waals surface area contributed by atoms with Crippen LogP contribution in [0.3, 0.4) is 0 Å². The number of rotatable bonds is 5. The number of nitro benzene ring substituents is 1. The summed E-state index contributed by atoms with van der Waals surface area (Å²) < 4.78 is 10.3. The summed E-state index contributed by atoms with van der Waals surface area (Å²) in [6.45, 7) is 0. The van der Waals surface area contributed by atoms with Gasteiger partial charge < -0.3 is 20.5 Å². The van der Waals surface area contributed by atoms with Gasteiger partial charge in [-0.1, -0.05) is 6.07 Å². The maximum Gasteiger partial charge on any atom is 0.286 e. The van der Waals surface area contributed by atoms with Crippen LogP contribution in [0.15, 0.2) is 30.3 Å². The van der Waals surface area contributed by atoms with Crippen molar-refractivity contribution in [3.8, 4) is 11.5 Å². The zero-order valence-corrected chi connectivity index (χ0v) is 16.4. The molecule has 150 valence electrons. The van der Waals surface area contributed by atoms with Gasteiger partial charge in [0, 0.05) is 11.8 Å². The number of anilines is 1. The summed E-state index contributed by atoms with van der Waals surface area (Å²) in [5, 5.41) is 14.4. The van der Waals surface area contributed by atoms with E-state index in [0.717, 1.165) is 30.4 Å². The van der Waals surface area contributed by atoms with E-state index in [4.69, 9.17) is 15.2 Å². The molecule has 0 aromatic heterocycles. The third-order valence-corrected chi connectivity index (χ3v) is 4.73. The van der Waals surface area contributed by atoms with Crippen LogP contribution in [0.1, 0.15) is 40.4 Å². The maximum absolute atomic E-state index is 12.8. The van der Waals surface area contributed by atoms with E-state index >= 15 is 0 Å². The van der Waals surface area contributed by atoms with Crippen molar-refractivity contribution in [2.45, 2.75) is 25.3 Å². The first-order valence-electron chi connectivity index (χ1n) is 8.54. The SMILES string of the molecule is COc1cc(C(=O)NC2CCCc3cc(N)ccc32)c([N+](=O)[O-])cc1OC.Cl. The average molecular weight is 408 g/mol. The highest BCUT2D eigenvalue weighted by atomic mass is 35.5. The number of amides is 1. The summed E-state index contributed by atoms with van der Waals surface area (Å²) in [6, 6.07) is 7.91. The lowest BCUT2D eigenvalue weighted by Crippen LogP contribution is -2.31. The van der Waals surface area contributed by atoms with Gasteiger partial charge in [-0.3, -0.25) is 14.9 Å². The van der Waals surface area contributed by atoms with Gasteiger partial charge in [-0.05, 0) is 42.5 Å². The van der Waals surface area contributed by atoms with Gasteiger partial charge in [-0.15, -0.1) is 12.4 Å². The van der Waals surface area contributed by atoms with Crippen LogP contribution in [0.5, 0.6) is 11.5 Å². The number of hydrogen-bond acceptors (Lipinski definition) is 6. The third-order valence-electron chi connectivity index (χ3n) is 4.73. The number of nitrogens with two attached hydrogens (primary N) is 1. The Kier molecular flexibility index (Phi) is 6.69. The zero-order valence-electron chi connectivity index (χ0n) is 15.6. The van der Waals surface area contributed by atoms with Gasteiger partial charge in [-0.25, -0.2) is 0 Å². The summed E-state index contributed by atoms with van der Waals surface area (Å²) in [4.78, 5) is 23.7. The van der Waals surface area contributed by atoms with Crippen molar-refractivity contribution in [2.75, 3.05) is 20.0 Å². The fourth-order valence-electron chi connectivity index (χ4n) is 3.42. The summed E-state index contributed by atoms with van der Waals surface area (Å²) in [5.41, 5.74) is 8.20. The monoisotopic (exact) mass is 407 g/mol. The van der Waals surface area contributed by atoms with Crippen LogP contribution in [0, 0.1) is 10.1 Å². The maximum atomic E-state index is 12.8. The predicted molar refractivity (Wildman–Crippen MR) is 107 cm³/mol. The van der Waals surface area contributed by atoms with Crippen molar-refractivity contribution in [2.24, 2.45) is 0 Å². The Morgan fingerprint density at radius 3 is 2.54 bits per heavy atom. The Hall–Kier alpha value is -3.00. The molecule has 2 aromatic rings. The predicted octanol–water partition coefficient (Wildman–Crippen LogP) is 3.42. The lowest BCUT2D eigenvalue weighted by Gasteiger charge is -2.26. The van der Waals surface area contributed by atoms with Gasteiger partial charge in [0.25, 0.3) is 11.6 Å². The second kappa shape index (κ2) is 8.79. The molecule has 0 aliphatic heterocycles. The molecule has 1 atom stereocenters. The standard InChI is InChI=1S/C19H21N3O5.ClH/c1-26-17-9-14(16(22(24)25)10-18(17)27-2)19(23)21-15-5-3-4-11-8-12(20)6-7-13(11)15;/h6-10,15H,3-5,20H2,1-2H3,(H,21,23);1H. The molecule has 28 heavy (non-hydrogen) atoms. The first-order chi connectivity index (χ1) is 12.9. The third kappa shape index (κ3) is 4.12. The quantitative estimate of drug-likeness (QED) is 0.445. The number of nitrogens with zero attached hydrogens (tertiary/aromatic N) is 1. The summed E-state index contributed by atoms with van der Waals surface area (Å²) in [7, 11) is 2.79. The van der Waals surface area contributed by atoms with Crippen LogP contribution in [0.25, 0.3) is 0 Å². The first kappa shape index (κ1) is 21.3. The lowest BCUT2D eigenvalue weighted by atomic mass is 9.87. The number of hydrogen-bond donors (Lipinski definition) is 2. The number of carbonyl (C=O) groups is 1. The topological polar surface area (TPSA) is 117 Å². The Morgan fingerprint density at radius 1 is 1.21 bits per heavy atom. The van der Waals surface area contributed by atoms with Gasteiger partial charge >= 0.3 is 0 Å². The molecule has 1 aliphatic carbocycles. The van der Waals surface area contributed by atoms with Gasteiger partial charge in [0.2, 0.25) is 0 Å². The molecule has 3 N–H and O–H groups in total.